The van der Waals surface area contributed by atoms with Crippen LogP contribution in [0.25, 0.3) is 0 Å². The number of nitrogens with one attached hydrogen (secondary N) is 1. The highest BCUT2D eigenvalue weighted by atomic mass is 16.6. The Bertz CT molecular complexity index is 917. The average molecular weight is 430 g/mol. The predicted molar refractivity (Wildman–Crippen MR) is 111 cm³/mol. The molecular formula is C22H26N2O7. The summed E-state index contributed by atoms with van der Waals surface area (Å²) in [7, 11) is 2.89. The number of nitrogens with zero attached hydrogens (tertiary/aromatic N) is 1. The van der Waals surface area contributed by atoms with Gasteiger partial charge in [-0.05, 0) is 19.4 Å². The molecule has 0 bridgehead atoms. The molecule has 2 aromatic rings. The van der Waals surface area contributed by atoms with Crippen molar-refractivity contribution in [3.63, 3.8) is 0 Å². The Hall–Kier alpha value is -3.46. The summed E-state index contributed by atoms with van der Waals surface area (Å²) in [5.74, 6) is -2.00. The zero-order valence-corrected chi connectivity index (χ0v) is 18.1. The minimum Gasteiger partial charge on any atom is -0.493 e. The summed E-state index contributed by atoms with van der Waals surface area (Å²) in [5, 5.41) is 2.50. The number of carbonyl (C=O) groups excluding carboxylic acids is 3. The quantitative estimate of drug-likeness (QED) is 0.604. The van der Waals surface area contributed by atoms with E-state index in [4.69, 9.17) is 18.9 Å². The van der Waals surface area contributed by atoms with Gasteiger partial charge in [-0.3, -0.25) is 9.59 Å². The first kappa shape index (κ1) is 23.8. The summed E-state index contributed by atoms with van der Waals surface area (Å²) in [4.78, 5) is 40.6. The zero-order chi connectivity index (χ0) is 23.0. The van der Waals surface area contributed by atoms with Gasteiger partial charge in [0.1, 0.15) is 18.2 Å². The number of esters is 2. The van der Waals surface area contributed by atoms with Crippen LogP contribution in [0.15, 0.2) is 42.6 Å². The summed E-state index contributed by atoms with van der Waals surface area (Å²) in [6, 6.07) is 9.79. The maximum absolute atomic E-state index is 12.7. The lowest BCUT2D eigenvalue weighted by molar-refractivity contribution is -0.157. The second-order valence-corrected chi connectivity index (χ2v) is 6.69. The van der Waals surface area contributed by atoms with Gasteiger partial charge in [-0.2, -0.15) is 0 Å². The van der Waals surface area contributed by atoms with Crippen LogP contribution in [-0.4, -0.2) is 49.2 Å². The maximum Gasteiger partial charge on any atom is 0.328 e. The van der Waals surface area contributed by atoms with Crippen LogP contribution in [0.5, 0.6) is 11.5 Å². The Morgan fingerprint density at radius 3 is 2.29 bits per heavy atom. The van der Waals surface area contributed by atoms with Crippen LogP contribution in [0, 0.1) is 0 Å². The molecule has 9 nitrogen and oxygen atoms in total. The lowest BCUT2D eigenvalue weighted by Gasteiger charge is -2.24. The lowest BCUT2D eigenvalue weighted by atomic mass is 10.1. The summed E-state index contributed by atoms with van der Waals surface area (Å²) in [6.07, 6.45) is 0.254. The van der Waals surface area contributed by atoms with E-state index in [0.29, 0.717) is 0 Å². The molecule has 1 aromatic heterocycles. The number of benzene rings is 1. The van der Waals surface area contributed by atoms with Crippen LogP contribution in [0.3, 0.4) is 0 Å². The Kier molecular flexibility index (Phi) is 8.51. The van der Waals surface area contributed by atoms with E-state index in [2.05, 4.69) is 10.3 Å². The van der Waals surface area contributed by atoms with Gasteiger partial charge in [-0.1, -0.05) is 30.3 Å². The summed E-state index contributed by atoms with van der Waals surface area (Å²) < 4.78 is 21.1. The second-order valence-electron chi connectivity index (χ2n) is 6.69. The van der Waals surface area contributed by atoms with Crippen molar-refractivity contribution in [1.29, 1.82) is 0 Å². The molecule has 1 heterocycles. The third-order valence-electron chi connectivity index (χ3n) is 4.36. The van der Waals surface area contributed by atoms with Gasteiger partial charge in [-0.15, -0.1) is 0 Å². The van der Waals surface area contributed by atoms with E-state index in [1.165, 1.54) is 40.3 Å². The first-order chi connectivity index (χ1) is 14.8. The van der Waals surface area contributed by atoms with Crippen molar-refractivity contribution < 1.29 is 33.3 Å². The van der Waals surface area contributed by atoms with E-state index in [9.17, 15) is 14.4 Å². The van der Waals surface area contributed by atoms with Crippen molar-refractivity contribution in [2.24, 2.45) is 0 Å². The molecule has 3 atom stereocenters. The van der Waals surface area contributed by atoms with Crippen molar-refractivity contribution in [3.8, 4) is 11.5 Å². The standard InChI is InChI=1S/C22H26N2O7/c1-13(22(27)30-14(2)19(29-5)16-9-7-6-8-10-16)24-21(26)18-20(31-15(3)25)17(28-4)11-12-23-18/h6-14,19H,1-5H3,(H,24,26)/t13-,14-,19-/m0/s1. The number of aromatic nitrogens is 1. The third kappa shape index (κ3) is 6.26. The molecule has 166 valence electrons. The van der Waals surface area contributed by atoms with E-state index in [1.54, 1.807) is 6.92 Å². The number of pyridine rings is 1. The molecule has 31 heavy (non-hydrogen) atoms. The van der Waals surface area contributed by atoms with Gasteiger partial charge in [0, 0.05) is 26.3 Å². The number of rotatable bonds is 9. The van der Waals surface area contributed by atoms with Crippen LogP contribution in [0.4, 0.5) is 0 Å². The van der Waals surface area contributed by atoms with Crippen LogP contribution in [0.2, 0.25) is 0 Å². The zero-order valence-electron chi connectivity index (χ0n) is 18.1. The first-order valence-electron chi connectivity index (χ1n) is 9.59. The van der Waals surface area contributed by atoms with Gasteiger partial charge >= 0.3 is 11.9 Å². The molecule has 0 aliphatic heterocycles. The Balaban J connectivity index is 2.09. The molecule has 1 N–H and O–H groups in total. The Labute approximate surface area is 180 Å². The highest BCUT2D eigenvalue weighted by Crippen LogP contribution is 2.29. The summed E-state index contributed by atoms with van der Waals surface area (Å²) in [5.41, 5.74) is 0.662. The fourth-order valence-corrected chi connectivity index (χ4v) is 2.91. The van der Waals surface area contributed by atoms with Crippen LogP contribution >= 0.6 is 0 Å². The molecule has 0 unspecified atom stereocenters. The topological polar surface area (TPSA) is 113 Å². The number of methoxy groups -OCH3 is 2. The molecule has 9 heteroatoms. The molecule has 0 fully saturated rings. The molecule has 0 aliphatic carbocycles. The van der Waals surface area contributed by atoms with Crippen molar-refractivity contribution in [3.05, 3.63) is 53.9 Å². The molecule has 0 saturated heterocycles. The van der Waals surface area contributed by atoms with Crippen molar-refractivity contribution >= 4 is 17.8 Å². The SMILES string of the molecule is COc1ccnc(C(=O)N[C@@H](C)C(=O)O[C@@H](C)[C@H](OC)c2ccccc2)c1OC(C)=O. The Morgan fingerprint density at radius 2 is 1.71 bits per heavy atom. The number of carbonyl (C=O) groups is 3. The molecular weight excluding hydrogens is 404 g/mol. The molecule has 0 aliphatic rings. The van der Waals surface area contributed by atoms with Gasteiger partial charge in [0.25, 0.3) is 5.91 Å². The number of ether oxygens (including phenoxy) is 4. The van der Waals surface area contributed by atoms with Crippen molar-refractivity contribution in [2.75, 3.05) is 14.2 Å². The molecule has 0 radical (unpaired) electrons. The fourth-order valence-electron chi connectivity index (χ4n) is 2.91. The van der Waals surface area contributed by atoms with E-state index >= 15 is 0 Å². The van der Waals surface area contributed by atoms with Crippen molar-refractivity contribution in [1.82, 2.24) is 10.3 Å². The van der Waals surface area contributed by atoms with Crippen LogP contribution in [0.1, 0.15) is 42.9 Å². The predicted octanol–water partition coefficient (Wildman–Crippen LogP) is 2.45. The van der Waals surface area contributed by atoms with Gasteiger partial charge in [0.15, 0.2) is 11.4 Å². The maximum atomic E-state index is 12.7. The van der Waals surface area contributed by atoms with E-state index in [1.807, 2.05) is 30.3 Å². The molecule has 2 rings (SSSR count). The molecule has 1 amide bonds. The highest BCUT2D eigenvalue weighted by molar-refractivity contribution is 5.98. The number of amides is 1. The molecule has 0 spiro atoms. The fraction of sp³-hybridized carbons (Fsp3) is 0.364. The Morgan fingerprint density at radius 1 is 1.03 bits per heavy atom. The van der Waals surface area contributed by atoms with E-state index in [-0.39, 0.29) is 17.2 Å². The third-order valence-corrected chi connectivity index (χ3v) is 4.36. The van der Waals surface area contributed by atoms with Crippen LogP contribution < -0.4 is 14.8 Å². The van der Waals surface area contributed by atoms with Crippen molar-refractivity contribution in [2.45, 2.75) is 39.0 Å². The average Bonchev–Trinajstić information content (AvgIpc) is 2.74. The second kappa shape index (κ2) is 11.1. The largest absolute Gasteiger partial charge is 0.493 e. The minimum absolute atomic E-state index is 0.132. The molecule has 0 saturated carbocycles. The first-order valence-corrected chi connectivity index (χ1v) is 9.59. The molecule has 1 aromatic carbocycles. The summed E-state index contributed by atoms with van der Waals surface area (Å²) >= 11 is 0. The van der Waals surface area contributed by atoms with Gasteiger partial charge in [-0.25, -0.2) is 9.78 Å². The monoisotopic (exact) mass is 430 g/mol. The van der Waals surface area contributed by atoms with E-state index < -0.39 is 36.1 Å². The van der Waals surface area contributed by atoms with E-state index in [0.717, 1.165) is 5.56 Å². The van der Waals surface area contributed by atoms with Gasteiger partial charge < -0.3 is 24.3 Å². The minimum atomic E-state index is -0.999. The smallest absolute Gasteiger partial charge is 0.328 e. The highest BCUT2D eigenvalue weighted by Gasteiger charge is 2.28. The van der Waals surface area contributed by atoms with Gasteiger partial charge in [0.2, 0.25) is 5.75 Å². The number of hydrogen-bond donors (Lipinski definition) is 1. The summed E-state index contributed by atoms with van der Waals surface area (Å²) in [6.45, 7) is 4.37. The normalized spacial score (nSPS) is 13.5. The van der Waals surface area contributed by atoms with Gasteiger partial charge in [0.05, 0.1) is 7.11 Å². The lowest BCUT2D eigenvalue weighted by Crippen LogP contribution is -2.41. The number of hydrogen-bond acceptors (Lipinski definition) is 8. The van der Waals surface area contributed by atoms with Crippen LogP contribution in [-0.2, 0) is 19.1 Å².